The van der Waals surface area contributed by atoms with Crippen LogP contribution in [0.3, 0.4) is 0 Å². The van der Waals surface area contributed by atoms with Crippen molar-refractivity contribution in [1.29, 1.82) is 0 Å². The second-order valence-corrected chi connectivity index (χ2v) is 9.01. The van der Waals surface area contributed by atoms with Gasteiger partial charge in [-0.1, -0.05) is 48.0 Å². The molecular formula is C30H23ClN4O5. The first-order chi connectivity index (χ1) is 19.4. The summed E-state index contributed by atoms with van der Waals surface area (Å²) >= 11 is 6.25. The van der Waals surface area contributed by atoms with E-state index in [0.717, 1.165) is 4.68 Å². The van der Waals surface area contributed by atoms with Crippen molar-refractivity contribution in [1.82, 2.24) is 15.1 Å². The molecule has 0 atom stereocenters. The summed E-state index contributed by atoms with van der Waals surface area (Å²) in [5.41, 5.74) is 0.448. The fourth-order valence-electron chi connectivity index (χ4n) is 4.00. The highest BCUT2D eigenvalue weighted by Gasteiger charge is 2.19. The molecule has 0 radical (unpaired) electrons. The highest BCUT2D eigenvalue weighted by atomic mass is 35.5. The Bertz CT molecular complexity index is 1750. The molecule has 5 rings (SSSR count). The predicted molar refractivity (Wildman–Crippen MR) is 153 cm³/mol. The van der Waals surface area contributed by atoms with Crippen molar-refractivity contribution >= 4 is 39.9 Å². The largest absolute Gasteiger partial charge is 0.495 e. The van der Waals surface area contributed by atoms with Gasteiger partial charge in [-0.25, -0.2) is 0 Å². The van der Waals surface area contributed by atoms with E-state index in [4.69, 9.17) is 21.1 Å². The van der Waals surface area contributed by atoms with Crippen molar-refractivity contribution in [2.45, 2.75) is 0 Å². The lowest BCUT2D eigenvalue weighted by molar-refractivity contribution is -0.115. The molecule has 0 spiro atoms. The number of nitrogens with zero attached hydrogens (tertiary/aromatic N) is 2. The lowest BCUT2D eigenvalue weighted by Crippen LogP contribution is -2.35. The SMILES string of the molecule is COc1ccc(-n2nc(C(=O)NCC(=O)Nc3ccc(Oc4ccccc4)cc3)c3ccccc3c2=O)cc1Cl. The van der Waals surface area contributed by atoms with Crippen LogP contribution >= 0.6 is 11.6 Å². The molecule has 0 saturated carbocycles. The van der Waals surface area contributed by atoms with Gasteiger partial charge in [0.15, 0.2) is 5.69 Å². The first kappa shape index (κ1) is 26.5. The molecule has 9 nitrogen and oxygen atoms in total. The van der Waals surface area contributed by atoms with Crippen molar-refractivity contribution in [3.05, 3.63) is 118 Å². The second kappa shape index (κ2) is 11.7. The van der Waals surface area contributed by atoms with Crippen LogP contribution in [-0.2, 0) is 4.79 Å². The number of anilines is 1. The van der Waals surface area contributed by atoms with Crippen LogP contribution in [0.4, 0.5) is 5.69 Å². The van der Waals surface area contributed by atoms with Gasteiger partial charge < -0.3 is 20.1 Å². The molecule has 4 aromatic carbocycles. The zero-order valence-electron chi connectivity index (χ0n) is 21.3. The normalized spacial score (nSPS) is 10.7. The van der Waals surface area contributed by atoms with E-state index in [1.165, 1.54) is 13.2 Å². The third-order valence-electron chi connectivity index (χ3n) is 5.93. The maximum Gasteiger partial charge on any atom is 0.279 e. The van der Waals surface area contributed by atoms with Crippen LogP contribution in [0.25, 0.3) is 16.5 Å². The van der Waals surface area contributed by atoms with E-state index >= 15 is 0 Å². The molecule has 40 heavy (non-hydrogen) atoms. The Morgan fingerprint density at radius 3 is 2.25 bits per heavy atom. The van der Waals surface area contributed by atoms with Gasteiger partial charge in [0.2, 0.25) is 5.91 Å². The van der Waals surface area contributed by atoms with Crippen LogP contribution in [0.1, 0.15) is 10.5 Å². The van der Waals surface area contributed by atoms with E-state index in [2.05, 4.69) is 15.7 Å². The minimum atomic E-state index is -0.619. The van der Waals surface area contributed by atoms with Crippen LogP contribution in [-0.4, -0.2) is 35.2 Å². The van der Waals surface area contributed by atoms with Crippen LogP contribution in [0.2, 0.25) is 5.02 Å². The van der Waals surface area contributed by atoms with Crippen molar-refractivity contribution in [3.63, 3.8) is 0 Å². The van der Waals surface area contributed by atoms with Gasteiger partial charge in [0, 0.05) is 11.1 Å². The van der Waals surface area contributed by atoms with Gasteiger partial charge in [0.05, 0.1) is 29.8 Å². The maximum absolute atomic E-state index is 13.2. The van der Waals surface area contributed by atoms with Crippen LogP contribution in [0.15, 0.2) is 102 Å². The quantitative estimate of drug-likeness (QED) is 0.272. The number of aromatic nitrogens is 2. The minimum absolute atomic E-state index is 0.0163. The summed E-state index contributed by atoms with van der Waals surface area (Å²) in [6.07, 6.45) is 0. The molecular weight excluding hydrogens is 532 g/mol. The maximum atomic E-state index is 13.2. The topological polar surface area (TPSA) is 112 Å². The number of ether oxygens (including phenoxy) is 2. The molecule has 2 N–H and O–H groups in total. The molecule has 1 aromatic heterocycles. The summed E-state index contributed by atoms with van der Waals surface area (Å²) in [6.45, 7) is -0.315. The van der Waals surface area contributed by atoms with E-state index in [-0.39, 0.29) is 22.6 Å². The van der Waals surface area contributed by atoms with Gasteiger partial charge >= 0.3 is 0 Å². The molecule has 1 heterocycles. The molecule has 0 fully saturated rings. The molecule has 0 bridgehead atoms. The van der Waals surface area contributed by atoms with Crippen LogP contribution in [0, 0.1) is 0 Å². The van der Waals surface area contributed by atoms with Crippen molar-refractivity contribution in [2.75, 3.05) is 19.0 Å². The summed E-state index contributed by atoms with van der Waals surface area (Å²) in [5, 5.41) is 10.6. The molecule has 0 unspecified atom stereocenters. The average Bonchev–Trinajstić information content (AvgIpc) is 2.98. The monoisotopic (exact) mass is 554 g/mol. The third-order valence-corrected chi connectivity index (χ3v) is 6.22. The lowest BCUT2D eigenvalue weighted by atomic mass is 10.1. The van der Waals surface area contributed by atoms with Crippen LogP contribution in [0.5, 0.6) is 17.2 Å². The number of carbonyl (C=O) groups is 2. The first-order valence-corrected chi connectivity index (χ1v) is 12.6. The molecule has 0 aliphatic carbocycles. The van der Waals surface area contributed by atoms with Gasteiger partial charge in [-0.15, -0.1) is 0 Å². The van der Waals surface area contributed by atoms with Gasteiger partial charge in [-0.3, -0.25) is 14.4 Å². The van der Waals surface area contributed by atoms with Crippen molar-refractivity contribution in [2.24, 2.45) is 0 Å². The summed E-state index contributed by atoms with van der Waals surface area (Å²) in [7, 11) is 1.48. The van der Waals surface area contributed by atoms with E-state index in [1.54, 1.807) is 60.7 Å². The standard InChI is InChI=1S/C30H23ClN4O5/c1-39-26-16-13-20(17-25(26)31)35-30(38)24-10-6-5-9-23(24)28(34-35)29(37)32-18-27(36)33-19-11-14-22(15-12-19)40-21-7-3-2-4-8-21/h2-17H,18H2,1H3,(H,32,37)(H,33,36). The van der Waals surface area contributed by atoms with E-state index < -0.39 is 17.4 Å². The fourth-order valence-corrected chi connectivity index (χ4v) is 4.25. The molecule has 0 aliphatic rings. The molecule has 0 aliphatic heterocycles. The highest BCUT2D eigenvalue weighted by Crippen LogP contribution is 2.26. The number of para-hydroxylation sites is 1. The fraction of sp³-hybridized carbons (Fsp3) is 0.0667. The number of nitrogens with one attached hydrogen (secondary N) is 2. The second-order valence-electron chi connectivity index (χ2n) is 8.60. The molecule has 2 amide bonds. The smallest absolute Gasteiger partial charge is 0.279 e. The Labute approximate surface area is 233 Å². The Balaban J connectivity index is 1.31. The van der Waals surface area contributed by atoms with Crippen molar-refractivity contribution < 1.29 is 19.1 Å². The number of fused-ring (bicyclic) bond motifs is 1. The Kier molecular flexibility index (Phi) is 7.75. The summed E-state index contributed by atoms with van der Waals surface area (Å²) in [6, 6.07) is 27.5. The lowest BCUT2D eigenvalue weighted by Gasteiger charge is -2.12. The Morgan fingerprint density at radius 2 is 1.55 bits per heavy atom. The average molecular weight is 555 g/mol. The minimum Gasteiger partial charge on any atom is -0.495 e. The number of rotatable bonds is 8. The van der Waals surface area contributed by atoms with Crippen molar-refractivity contribution in [3.8, 4) is 22.9 Å². The van der Waals surface area contributed by atoms with E-state index in [0.29, 0.717) is 34.0 Å². The number of carbonyl (C=O) groups excluding carboxylic acids is 2. The van der Waals surface area contributed by atoms with E-state index in [9.17, 15) is 14.4 Å². The number of amides is 2. The zero-order valence-corrected chi connectivity index (χ0v) is 22.0. The highest BCUT2D eigenvalue weighted by molar-refractivity contribution is 6.32. The number of hydrogen-bond donors (Lipinski definition) is 2. The van der Waals surface area contributed by atoms with Gasteiger partial charge in [-0.2, -0.15) is 9.78 Å². The summed E-state index contributed by atoms with van der Waals surface area (Å²) < 4.78 is 12.0. The zero-order chi connectivity index (χ0) is 28.1. The molecule has 5 aromatic rings. The molecule has 0 saturated heterocycles. The Hall–Kier alpha value is -5.15. The number of hydrogen-bond acceptors (Lipinski definition) is 6. The summed E-state index contributed by atoms with van der Waals surface area (Å²) in [5.74, 6) is 0.686. The Morgan fingerprint density at radius 1 is 0.875 bits per heavy atom. The number of halogens is 1. The van der Waals surface area contributed by atoms with Gasteiger partial charge in [0.1, 0.15) is 17.2 Å². The summed E-state index contributed by atoms with van der Waals surface area (Å²) in [4.78, 5) is 38.9. The molecule has 10 heteroatoms. The number of benzene rings is 4. The number of methoxy groups -OCH3 is 1. The predicted octanol–water partition coefficient (Wildman–Crippen LogP) is 5.21. The van der Waals surface area contributed by atoms with Gasteiger partial charge in [0.25, 0.3) is 11.5 Å². The first-order valence-electron chi connectivity index (χ1n) is 12.2. The van der Waals surface area contributed by atoms with E-state index in [1.807, 2.05) is 30.3 Å². The van der Waals surface area contributed by atoms with Gasteiger partial charge in [-0.05, 0) is 60.7 Å². The third kappa shape index (κ3) is 5.79. The molecule has 200 valence electrons. The van der Waals surface area contributed by atoms with Crippen LogP contribution < -0.4 is 25.7 Å².